The molecule has 2 aromatic heterocycles. The number of nitrogens with zero attached hydrogens (tertiary/aromatic N) is 3. The van der Waals surface area contributed by atoms with Gasteiger partial charge < -0.3 is 13.8 Å². The summed E-state index contributed by atoms with van der Waals surface area (Å²) in [6.07, 6.45) is 0.824. The van der Waals surface area contributed by atoms with Gasteiger partial charge in [0.1, 0.15) is 5.58 Å². The van der Waals surface area contributed by atoms with E-state index in [4.69, 9.17) is 8.94 Å². The Morgan fingerprint density at radius 1 is 1.07 bits per heavy atom. The Balaban J connectivity index is 1.45. The highest BCUT2D eigenvalue weighted by atomic mass is 16.5. The normalized spacial score (nSPS) is 13.7. The van der Waals surface area contributed by atoms with E-state index in [0.717, 1.165) is 34.1 Å². The molecule has 0 fully saturated rings. The van der Waals surface area contributed by atoms with Crippen LogP contribution >= 0.6 is 0 Å². The van der Waals surface area contributed by atoms with Gasteiger partial charge in [-0.1, -0.05) is 47.6 Å². The lowest BCUT2D eigenvalue weighted by molar-refractivity contribution is 0.0684. The van der Waals surface area contributed by atoms with Crippen LogP contribution in [0.5, 0.6) is 0 Å². The van der Waals surface area contributed by atoms with Crippen LogP contribution in [-0.2, 0) is 13.0 Å². The van der Waals surface area contributed by atoms with Crippen LogP contribution in [0.15, 0.2) is 51.4 Å². The van der Waals surface area contributed by atoms with Crippen LogP contribution in [0.2, 0.25) is 0 Å². The molecule has 6 heteroatoms. The fraction of sp³-hybridized carbons (Fsp3) is 0.227. The number of hydrogen-bond donors (Lipinski definition) is 0. The second-order valence-corrected chi connectivity index (χ2v) is 7.18. The molecule has 28 heavy (non-hydrogen) atoms. The van der Waals surface area contributed by atoms with Gasteiger partial charge in [-0.15, -0.1) is 0 Å². The molecule has 1 aliphatic heterocycles. The summed E-state index contributed by atoms with van der Waals surface area (Å²) in [4.78, 5) is 18.9. The van der Waals surface area contributed by atoms with Gasteiger partial charge in [-0.2, -0.15) is 4.98 Å². The Bertz CT molecular complexity index is 1200. The SMILES string of the molecule is Cc1c(-c2noc(C(=O)N3CCc4ccccc4C3)n2)oc2c(C)cccc12. The predicted octanol–water partition coefficient (Wildman–Crippen LogP) is 4.30. The standard InChI is InChI=1S/C22H19N3O3/c1-13-6-5-9-17-14(2)19(27-18(13)17)20-23-21(28-24-20)22(26)25-11-10-15-7-3-4-8-16(15)12-25/h3-9H,10-12H2,1-2H3. The number of hydrogen-bond acceptors (Lipinski definition) is 5. The van der Waals surface area contributed by atoms with Crippen LogP contribution in [-0.4, -0.2) is 27.5 Å². The van der Waals surface area contributed by atoms with Crippen molar-refractivity contribution in [1.29, 1.82) is 0 Å². The van der Waals surface area contributed by atoms with Crippen molar-refractivity contribution >= 4 is 16.9 Å². The van der Waals surface area contributed by atoms with Crippen LogP contribution in [0.3, 0.4) is 0 Å². The van der Waals surface area contributed by atoms with Crippen LogP contribution in [0.25, 0.3) is 22.6 Å². The van der Waals surface area contributed by atoms with Gasteiger partial charge in [0.15, 0.2) is 5.76 Å². The minimum atomic E-state index is -0.252. The molecule has 0 atom stereocenters. The monoisotopic (exact) mass is 373 g/mol. The topological polar surface area (TPSA) is 72.4 Å². The van der Waals surface area contributed by atoms with E-state index in [1.807, 2.05) is 50.2 Å². The zero-order chi connectivity index (χ0) is 19.3. The zero-order valence-electron chi connectivity index (χ0n) is 15.7. The summed E-state index contributed by atoms with van der Waals surface area (Å²) < 4.78 is 11.3. The van der Waals surface area contributed by atoms with Crippen molar-refractivity contribution in [3.63, 3.8) is 0 Å². The number of rotatable bonds is 2. The molecule has 0 spiro atoms. The maximum atomic E-state index is 12.9. The molecular weight excluding hydrogens is 354 g/mol. The number of aryl methyl sites for hydroxylation is 2. The minimum Gasteiger partial charge on any atom is -0.452 e. The van der Waals surface area contributed by atoms with E-state index >= 15 is 0 Å². The lowest BCUT2D eigenvalue weighted by atomic mass is 10.00. The number of aromatic nitrogens is 2. The molecule has 1 amide bonds. The molecule has 0 saturated carbocycles. The quantitative estimate of drug-likeness (QED) is 0.524. The molecule has 6 nitrogen and oxygen atoms in total. The van der Waals surface area contributed by atoms with E-state index in [0.29, 0.717) is 24.7 Å². The number of amides is 1. The number of fused-ring (bicyclic) bond motifs is 2. The van der Waals surface area contributed by atoms with Crippen molar-refractivity contribution in [2.24, 2.45) is 0 Å². The molecule has 0 bridgehead atoms. The molecule has 2 aromatic carbocycles. The molecule has 5 rings (SSSR count). The van der Waals surface area contributed by atoms with Gasteiger partial charge >= 0.3 is 11.8 Å². The van der Waals surface area contributed by atoms with Crippen molar-refractivity contribution in [3.8, 4) is 11.6 Å². The Labute approximate surface area is 161 Å². The van der Waals surface area contributed by atoms with Gasteiger partial charge in [0.25, 0.3) is 0 Å². The predicted molar refractivity (Wildman–Crippen MR) is 104 cm³/mol. The summed E-state index contributed by atoms with van der Waals surface area (Å²) in [6.45, 7) is 5.14. The average molecular weight is 373 g/mol. The second-order valence-electron chi connectivity index (χ2n) is 7.18. The van der Waals surface area contributed by atoms with Gasteiger partial charge in [-0.05, 0) is 37.0 Å². The van der Waals surface area contributed by atoms with Crippen molar-refractivity contribution in [1.82, 2.24) is 15.0 Å². The first-order valence-electron chi connectivity index (χ1n) is 9.30. The highest BCUT2D eigenvalue weighted by Gasteiger charge is 2.27. The molecular formula is C22H19N3O3. The summed E-state index contributed by atoms with van der Waals surface area (Å²) in [6, 6.07) is 14.2. The van der Waals surface area contributed by atoms with Crippen molar-refractivity contribution in [2.75, 3.05) is 6.54 Å². The number of furan rings is 1. The average Bonchev–Trinajstić information content (AvgIpc) is 3.33. The van der Waals surface area contributed by atoms with Gasteiger partial charge in [0.2, 0.25) is 5.82 Å². The molecule has 0 aliphatic carbocycles. The largest absolute Gasteiger partial charge is 0.452 e. The van der Waals surface area contributed by atoms with Crippen molar-refractivity contribution in [2.45, 2.75) is 26.8 Å². The molecule has 0 radical (unpaired) electrons. The number of benzene rings is 2. The molecule has 4 aromatic rings. The third-order valence-corrected chi connectivity index (χ3v) is 5.39. The fourth-order valence-corrected chi connectivity index (χ4v) is 3.80. The number of carbonyl (C=O) groups excluding carboxylic acids is 1. The number of carbonyl (C=O) groups is 1. The summed E-state index contributed by atoms with van der Waals surface area (Å²) in [7, 11) is 0. The molecule has 140 valence electrons. The highest BCUT2D eigenvalue weighted by molar-refractivity contribution is 5.91. The van der Waals surface area contributed by atoms with E-state index in [2.05, 4.69) is 16.2 Å². The maximum Gasteiger partial charge on any atom is 0.316 e. The molecule has 3 heterocycles. The fourth-order valence-electron chi connectivity index (χ4n) is 3.80. The van der Waals surface area contributed by atoms with E-state index in [1.54, 1.807) is 4.90 Å². The zero-order valence-corrected chi connectivity index (χ0v) is 15.7. The molecule has 0 N–H and O–H groups in total. The van der Waals surface area contributed by atoms with Crippen molar-refractivity contribution in [3.05, 3.63) is 70.6 Å². The minimum absolute atomic E-state index is 0.00837. The van der Waals surface area contributed by atoms with Crippen LogP contribution < -0.4 is 0 Å². The maximum absolute atomic E-state index is 12.9. The van der Waals surface area contributed by atoms with Gasteiger partial charge in [-0.3, -0.25) is 4.79 Å². The van der Waals surface area contributed by atoms with Crippen LogP contribution in [0.1, 0.15) is 32.9 Å². The Morgan fingerprint density at radius 2 is 1.89 bits per heavy atom. The van der Waals surface area contributed by atoms with Crippen LogP contribution in [0, 0.1) is 13.8 Å². The molecule has 0 unspecified atom stereocenters. The summed E-state index contributed by atoms with van der Waals surface area (Å²) in [5, 5.41) is 5.02. The van der Waals surface area contributed by atoms with Gasteiger partial charge in [0.05, 0.1) is 0 Å². The van der Waals surface area contributed by atoms with Crippen molar-refractivity contribution < 1.29 is 13.7 Å². The lowest BCUT2D eigenvalue weighted by Gasteiger charge is -2.27. The molecule has 0 saturated heterocycles. The van der Waals surface area contributed by atoms with E-state index in [-0.39, 0.29) is 11.8 Å². The molecule has 1 aliphatic rings. The van der Waals surface area contributed by atoms with Crippen LogP contribution in [0.4, 0.5) is 0 Å². The van der Waals surface area contributed by atoms with Gasteiger partial charge in [0, 0.05) is 24.0 Å². The lowest BCUT2D eigenvalue weighted by Crippen LogP contribution is -2.36. The number of para-hydroxylation sites is 1. The Hall–Kier alpha value is -3.41. The van der Waals surface area contributed by atoms with Gasteiger partial charge in [-0.25, -0.2) is 0 Å². The third-order valence-electron chi connectivity index (χ3n) is 5.39. The summed E-state index contributed by atoms with van der Waals surface area (Å²) in [5.41, 5.74) is 5.22. The highest BCUT2D eigenvalue weighted by Crippen LogP contribution is 2.33. The Morgan fingerprint density at radius 3 is 2.71 bits per heavy atom. The first-order valence-corrected chi connectivity index (χ1v) is 9.30. The summed E-state index contributed by atoms with van der Waals surface area (Å²) in [5.74, 6) is 0.578. The second kappa shape index (κ2) is 6.34. The van der Waals surface area contributed by atoms with E-state index in [9.17, 15) is 4.79 Å². The first kappa shape index (κ1) is 16.7. The Kier molecular flexibility index (Phi) is 3.79. The summed E-state index contributed by atoms with van der Waals surface area (Å²) >= 11 is 0. The smallest absolute Gasteiger partial charge is 0.316 e. The van der Waals surface area contributed by atoms with E-state index in [1.165, 1.54) is 5.56 Å². The van der Waals surface area contributed by atoms with E-state index < -0.39 is 0 Å². The first-order chi connectivity index (χ1) is 13.6. The third kappa shape index (κ3) is 2.60.